The molecule has 2 rings (SSSR count). The Labute approximate surface area is 119 Å². The van der Waals surface area contributed by atoms with Crippen molar-refractivity contribution in [2.75, 3.05) is 13.1 Å². The quantitative estimate of drug-likeness (QED) is 0.894. The average Bonchev–Trinajstić information content (AvgIpc) is 2.92. The van der Waals surface area contributed by atoms with Crippen molar-refractivity contribution in [2.24, 2.45) is 0 Å². The number of aryl methyl sites for hydroxylation is 1. The first-order valence-corrected chi connectivity index (χ1v) is 6.99. The normalized spacial score (nSPS) is 23.1. The molecule has 6 nitrogen and oxygen atoms in total. The van der Waals surface area contributed by atoms with Gasteiger partial charge in [-0.15, -0.1) is 0 Å². The van der Waals surface area contributed by atoms with Gasteiger partial charge in [0.05, 0.1) is 18.7 Å². The number of aliphatic hydroxyl groups excluding tert-OH is 1. The fourth-order valence-electron chi connectivity index (χ4n) is 2.44. The van der Waals surface area contributed by atoms with Crippen molar-refractivity contribution in [3.63, 3.8) is 0 Å². The van der Waals surface area contributed by atoms with E-state index in [0.717, 1.165) is 12.2 Å². The number of β-amino-alcohol motifs (C(OH)–C–C–N with tert-alkyl or cyclic N) is 1. The van der Waals surface area contributed by atoms with Crippen LogP contribution >= 0.6 is 0 Å². The number of rotatable bonds is 2. The van der Waals surface area contributed by atoms with Gasteiger partial charge in [-0.1, -0.05) is 6.92 Å². The average molecular weight is 281 g/mol. The Kier molecular flexibility index (Phi) is 4.04. The zero-order valence-corrected chi connectivity index (χ0v) is 12.5. The highest BCUT2D eigenvalue weighted by Crippen LogP contribution is 2.25. The van der Waals surface area contributed by atoms with E-state index in [-0.39, 0.29) is 12.1 Å². The number of ether oxygens (including phenoxy) is 1. The van der Waals surface area contributed by atoms with E-state index in [4.69, 9.17) is 4.74 Å². The van der Waals surface area contributed by atoms with E-state index in [1.54, 1.807) is 11.1 Å². The third kappa shape index (κ3) is 3.12. The fourth-order valence-corrected chi connectivity index (χ4v) is 2.44. The van der Waals surface area contributed by atoms with Crippen molar-refractivity contribution in [1.82, 2.24) is 14.5 Å². The molecule has 20 heavy (non-hydrogen) atoms. The maximum Gasteiger partial charge on any atom is 0.410 e. The molecule has 0 aromatic carbocycles. The van der Waals surface area contributed by atoms with Gasteiger partial charge in [0.2, 0.25) is 0 Å². The predicted molar refractivity (Wildman–Crippen MR) is 74.5 cm³/mol. The lowest BCUT2D eigenvalue weighted by Crippen LogP contribution is -2.35. The molecule has 1 aliphatic heterocycles. The topological polar surface area (TPSA) is 67.6 Å². The molecular formula is C14H23N3O3. The van der Waals surface area contributed by atoms with Crippen LogP contribution in [0.1, 0.15) is 39.6 Å². The summed E-state index contributed by atoms with van der Waals surface area (Å²) in [6.45, 7) is 8.26. The zero-order chi connectivity index (χ0) is 14.9. The molecule has 1 unspecified atom stereocenters. The van der Waals surface area contributed by atoms with Crippen LogP contribution in [-0.2, 0) is 11.2 Å². The predicted octanol–water partition coefficient (Wildman–Crippen LogP) is 1.60. The second kappa shape index (κ2) is 5.44. The summed E-state index contributed by atoms with van der Waals surface area (Å²) >= 11 is 0. The summed E-state index contributed by atoms with van der Waals surface area (Å²) in [5, 5.41) is 10.2. The van der Waals surface area contributed by atoms with E-state index in [9.17, 15) is 9.90 Å². The van der Waals surface area contributed by atoms with Gasteiger partial charge in [0.15, 0.2) is 0 Å². The molecule has 112 valence electrons. The van der Waals surface area contributed by atoms with Crippen molar-refractivity contribution >= 4 is 6.09 Å². The number of likely N-dealkylation sites (tertiary alicyclic amines) is 1. The van der Waals surface area contributed by atoms with Gasteiger partial charge in [0.1, 0.15) is 11.4 Å². The molecule has 2 heterocycles. The van der Waals surface area contributed by atoms with E-state index >= 15 is 0 Å². The van der Waals surface area contributed by atoms with Crippen LogP contribution in [0.5, 0.6) is 0 Å². The van der Waals surface area contributed by atoms with Gasteiger partial charge in [-0.25, -0.2) is 9.78 Å². The highest BCUT2D eigenvalue weighted by Gasteiger charge is 2.37. The molecule has 1 amide bonds. The Morgan fingerprint density at radius 3 is 2.80 bits per heavy atom. The van der Waals surface area contributed by atoms with Gasteiger partial charge < -0.3 is 19.3 Å². The summed E-state index contributed by atoms with van der Waals surface area (Å²) in [6, 6.07) is -0.153. The minimum atomic E-state index is -0.595. The van der Waals surface area contributed by atoms with E-state index in [1.807, 2.05) is 38.5 Å². The number of imidazole rings is 1. The molecule has 0 saturated carbocycles. The van der Waals surface area contributed by atoms with Crippen LogP contribution < -0.4 is 0 Å². The molecule has 0 radical (unpaired) electrons. The number of amides is 1. The molecule has 1 N–H and O–H groups in total. The van der Waals surface area contributed by atoms with Gasteiger partial charge in [-0.3, -0.25) is 0 Å². The molecule has 1 aromatic rings. The van der Waals surface area contributed by atoms with Crippen molar-refractivity contribution in [2.45, 2.75) is 51.9 Å². The lowest BCUT2D eigenvalue weighted by atomic mass is 10.2. The molecule has 0 bridgehead atoms. The monoisotopic (exact) mass is 281 g/mol. The van der Waals surface area contributed by atoms with E-state index in [2.05, 4.69) is 4.98 Å². The summed E-state index contributed by atoms with van der Waals surface area (Å²) in [5.74, 6) is 0.917. The lowest BCUT2D eigenvalue weighted by molar-refractivity contribution is 0.0270. The molecule has 0 spiro atoms. The number of hydrogen-bond donors (Lipinski definition) is 1. The van der Waals surface area contributed by atoms with Crippen LogP contribution in [0.15, 0.2) is 12.4 Å². The fraction of sp³-hybridized carbons (Fsp3) is 0.714. The number of aliphatic hydroxyl groups is 1. The van der Waals surface area contributed by atoms with Crippen molar-refractivity contribution < 1.29 is 14.6 Å². The molecule has 1 aliphatic rings. The van der Waals surface area contributed by atoms with Crippen LogP contribution in [0, 0.1) is 0 Å². The molecule has 0 aliphatic carbocycles. The Bertz CT molecular complexity index is 478. The SMILES string of the molecule is CCc1nccn1C1CN(C(=O)OC(C)(C)C)C[C@H]1O. The van der Waals surface area contributed by atoms with Crippen molar-refractivity contribution in [3.8, 4) is 0 Å². The number of aromatic nitrogens is 2. The number of carbonyl (C=O) groups is 1. The summed E-state index contributed by atoms with van der Waals surface area (Å²) in [5.41, 5.74) is -0.524. The standard InChI is InChI=1S/C14H23N3O3/c1-5-12-15-6-7-17(12)10-8-16(9-11(10)18)13(19)20-14(2,3)4/h6-7,10-11,18H,5,8-9H2,1-4H3/t10?,11-/m1/s1. The molecule has 1 saturated heterocycles. The summed E-state index contributed by atoms with van der Waals surface area (Å²) in [4.78, 5) is 17.9. The first-order chi connectivity index (χ1) is 9.31. The highest BCUT2D eigenvalue weighted by molar-refractivity contribution is 5.68. The van der Waals surface area contributed by atoms with E-state index in [0.29, 0.717) is 13.1 Å². The van der Waals surface area contributed by atoms with E-state index < -0.39 is 11.7 Å². The zero-order valence-electron chi connectivity index (χ0n) is 12.5. The smallest absolute Gasteiger partial charge is 0.410 e. The first kappa shape index (κ1) is 14.8. The van der Waals surface area contributed by atoms with Crippen molar-refractivity contribution in [3.05, 3.63) is 18.2 Å². The van der Waals surface area contributed by atoms with Crippen molar-refractivity contribution in [1.29, 1.82) is 0 Å². The second-order valence-electron chi connectivity index (χ2n) is 6.12. The van der Waals surface area contributed by atoms with Gasteiger partial charge >= 0.3 is 6.09 Å². The third-order valence-electron chi connectivity index (χ3n) is 3.33. The summed E-state index contributed by atoms with van der Waals surface area (Å²) in [7, 11) is 0. The van der Waals surface area contributed by atoms with Crippen LogP contribution in [0.3, 0.4) is 0 Å². The first-order valence-electron chi connectivity index (χ1n) is 6.99. The minimum Gasteiger partial charge on any atom is -0.444 e. The van der Waals surface area contributed by atoms with Crippen LogP contribution in [0.2, 0.25) is 0 Å². The summed E-state index contributed by atoms with van der Waals surface area (Å²) < 4.78 is 7.30. The Hall–Kier alpha value is -1.56. The lowest BCUT2D eigenvalue weighted by Gasteiger charge is -2.24. The molecule has 6 heteroatoms. The second-order valence-corrected chi connectivity index (χ2v) is 6.12. The Morgan fingerprint density at radius 2 is 2.20 bits per heavy atom. The Balaban J connectivity index is 2.08. The number of hydrogen-bond acceptors (Lipinski definition) is 4. The Morgan fingerprint density at radius 1 is 1.50 bits per heavy atom. The van der Waals surface area contributed by atoms with Crippen LogP contribution in [-0.4, -0.2) is 50.4 Å². The van der Waals surface area contributed by atoms with Crippen LogP contribution in [0.4, 0.5) is 4.79 Å². The van der Waals surface area contributed by atoms with Gasteiger partial charge in [-0.2, -0.15) is 0 Å². The largest absolute Gasteiger partial charge is 0.444 e. The van der Waals surface area contributed by atoms with Gasteiger partial charge in [0.25, 0.3) is 0 Å². The maximum atomic E-state index is 12.0. The highest BCUT2D eigenvalue weighted by atomic mass is 16.6. The van der Waals surface area contributed by atoms with Crippen LogP contribution in [0.25, 0.3) is 0 Å². The number of nitrogens with zero attached hydrogens (tertiary/aromatic N) is 3. The molecular weight excluding hydrogens is 258 g/mol. The minimum absolute atomic E-state index is 0.153. The maximum absolute atomic E-state index is 12.0. The molecule has 1 fully saturated rings. The van der Waals surface area contributed by atoms with Gasteiger partial charge in [-0.05, 0) is 20.8 Å². The van der Waals surface area contributed by atoms with Gasteiger partial charge in [0, 0.05) is 25.4 Å². The molecule has 1 aromatic heterocycles. The van der Waals surface area contributed by atoms with E-state index in [1.165, 1.54) is 0 Å². The molecule has 2 atom stereocenters. The summed E-state index contributed by atoms with van der Waals surface area (Å²) in [6.07, 6.45) is 3.40. The number of carbonyl (C=O) groups excluding carboxylic acids is 1. The third-order valence-corrected chi connectivity index (χ3v) is 3.33.